The van der Waals surface area contributed by atoms with Crippen molar-refractivity contribution in [2.45, 2.75) is 32.6 Å². The number of hydrogen-bond acceptors (Lipinski definition) is 1. The van der Waals surface area contributed by atoms with Gasteiger partial charge in [0, 0.05) is 6.42 Å². The van der Waals surface area contributed by atoms with E-state index < -0.39 is 0 Å². The molecule has 0 aliphatic heterocycles. The highest BCUT2D eigenvalue weighted by Crippen LogP contribution is 2.21. The van der Waals surface area contributed by atoms with Crippen LogP contribution in [0.4, 0.5) is 0 Å². The fourth-order valence-corrected chi connectivity index (χ4v) is 1.50. The van der Waals surface area contributed by atoms with Crippen molar-refractivity contribution >= 4 is 16.8 Å². The van der Waals surface area contributed by atoms with E-state index in [1.54, 1.807) is 0 Å². The molecule has 1 aromatic rings. The summed E-state index contributed by atoms with van der Waals surface area (Å²) in [4.78, 5) is 10.6. The van der Waals surface area contributed by atoms with Crippen LogP contribution in [0.1, 0.15) is 36.8 Å². The molecule has 0 saturated heterocycles. The van der Waals surface area contributed by atoms with Crippen molar-refractivity contribution < 1.29 is 4.79 Å². The summed E-state index contributed by atoms with van der Waals surface area (Å²) >= 11 is 5.30. The fourth-order valence-electron chi connectivity index (χ4n) is 1.39. The Hall–Kier alpha value is -0.820. The van der Waals surface area contributed by atoms with Crippen molar-refractivity contribution in [1.29, 1.82) is 0 Å². The molecule has 14 heavy (non-hydrogen) atoms. The molecule has 76 valence electrons. The molecule has 1 aromatic carbocycles. The molecule has 0 bridgehead atoms. The highest BCUT2D eigenvalue weighted by atomic mass is 35.5. The van der Waals surface area contributed by atoms with Crippen molar-refractivity contribution in [3.63, 3.8) is 0 Å². The van der Waals surface area contributed by atoms with Crippen LogP contribution in [0.25, 0.3) is 0 Å². The molecule has 0 saturated carbocycles. The Morgan fingerprint density at radius 3 is 2.43 bits per heavy atom. The van der Waals surface area contributed by atoms with Crippen LogP contribution in [0.15, 0.2) is 24.3 Å². The lowest BCUT2D eigenvalue weighted by atomic mass is 9.96. The number of benzene rings is 1. The summed E-state index contributed by atoms with van der Waals surface area (Å²) in [7, 11) is 0. The molecular weight excluding hydrogens is 196 g/mol. The molecule has 1 unspecified atom stereocenters. The highest BCUT2D eigenvalue weighted by molar-refractivity contribution is 6.63. The van der Waals surface area contributed by atoms with E-state index in [1.165, 1.54) is 11.1 Å². The minimum atomic E-state index is -0.246. The summed E-state index contributed by atoms with van der Waals surface area (Å²) in [5, 5.41) is -0.246. The SMILES string of the molecule is Cc1ccc(C(C)CCC(=O)Cl)cc1. The lowest BCUT2D eigenvalue weighted by Crippen LogP contribution is -1.96. The second-order valence-corrected chi connectivity index (χ2v) is 4.13. The number of aryl methyl sites for hydroxylation is 1. The smallest absolute Gasteiger partial charge is 0.221 e. The van der Waals surface area contributed by atoms with E-state index in [0.717, 1.165) is 6.42 Å². The maximum Gasteiger partial charge on any atom is 0.221 e. The van der Waals surface area contributed by atoms with Gasteiger partial charge in [-0.2, -0.15) is 0 Å². The van der Waals surface area contributed by atoms with Crippen molar-refractivity contribution in [2.75, 3.05) is 0 Å². The third-order valence-electron chi connectivity index (χ3n) is 2.42. The Kier molecular flexibility index (Phi) is 4.15. The highest BCUT2D eigenvalue weighted by Gasteiger charge is 2.06. The van der Waals surface area contributed by atoms with Gasteiger partial charge < -0.3 is 0 Å². The minimum Gasteiger partial charge on any atom is -0.281 e. The van der Waals surface area contributed by atoms with Crippen LogP contribution in [-0.4, -0.2) is 5.24 Å². The first kappa shape index (κ1) is 11.3. The largest absolute Gasteiger partial charge is 0.281 e. The van der Waals surface area contributed by atoms with E-state index in [2.05, 4.69) is 38.1 Å². The summed E-state index contributed by atoms with van der Waals surface area (Å²) in [6.45, 7) is 4.18. The van der Waals surface area contributed by atoms with Gasteiger partial charge in [0.2, 0.25) is 5.24 Å². The van der Waals surface area contributed by atoms with Gasteiger partial charge in [0.05, 0.1) is 0 Å². The van der Waals surface area contributed by atoms with Crippen molar-refractivity contribution in [3.8, 4) is 0 Å². The van der Waals surface area contributed by atoms with Crippen LogP contribution in [-0.2, 0) is 4.79 Å². The van der Waals surface area contributed by atoms with Crippen LogP contribution in [0.2, 0.25) is 0 Å². The zero-order valence-electron chi connectivity index (χ0n) is 8.59. The predicted octanol–water partition coefficient (Wildman–Crippen LogP) is 3.64. The molecule has 0 aliphatic carbocycles. The van der Waals surface area contributed by atoms with Gasteiger partial charge in [-0.1, -0.05) is 36.8 Å². The monoisotopic (exact) mass is 210 g/mol. The van der Waals surface area contributed by atoms with Gasteiger partial charge >= 0.3 is 0 Å². The molecule has 0 amide bonds. The lowest BCUT2D eigenvalue weighted by Gasteiger charge is -2.10. The van der Waals surface area contributed by atoms with Crippen LogP contribution in [0, 0.1) is 6.92 Å². The summed E-state index contributed by atoms with van der Waals surface area (Å²) < 4.78 is 0. The zero-order chi connectivity index (χ0) is 10.6. The number of halogens is 1. The van der Waals surface area contributed by atoms with Gasteiger partial charge in [-0.15, -0.1) is 0 Å². The van der Waals surface area contributed by atoms with Gasteiger partial charge in [-0.05, 0) is 36.4 Å². The molecule has 0 heterocycles. The maximum atomic E-state index is 10.6. The van der Waals surface area contributed by atoms with E-state index in [1.807, 2.05) is 0 Å². The van der Waals surface area contributed by atoms with E-state index in [4.69, 9.17) is 11.6 Å². The van der Waals surface area contributed by atoms with Crippen molar-refractivity contribution in [1.82, 2.24) is 0 Å². The van der Waals surface area contributed by atoms with Gasteiger partial charge in [-0.25, -0.2) is 0 Å². The molecule has 0 spiro atoms. The van der Waals surface area contributed by atoms with E-state index >= 15 is 0 Å². The van der Waals surface area contributed by atoms with E-state index in [0.29, 0.717) is 12.3 Å². The zero-order valence-corrected chi connectivity index (χ0v) is 9.34. The first-order valence-electron chi connectivity index (χ1n) is 4.84. The summed E-state index contributed by atoms with van der Waals surface area (Å²) in [6.07, 6.45) is 1.28. The third-order valence-corrected chi connectivity index (χ3v) is 2.61. The second kappa shape index (κ2) is 5.16. The van der Waals surface area contributed by atoms with Gasteiger partial charge in [0.15, 0.2) is 0 Å². The number of hydrogen-bond donors (Lipinski definition) is 0. The summed E-state index contributed by atoms with van der Waals surface area (Å²) in [5.41, 5.74) is 2.53. The molecule has 0 radical (unpaired) electrons. The Morgan fingerprint density at radius 2 is 1.93 bits per heavy atom. The van der Waals surface area contributed by atoms with E-state index in [-0.39, 0.29) is 5.24 Å². The standard InChI is InChI=1S/C12H15ClO/c1-9-3-6-11(7-4-9)10(2)5-8-12(13)14/h3-4,6-7,10H,5,8H2,1-2H3. The Labute approximate surface area is 90.1 Å². The second-order valence-electron chi connectivity index (χ2n) is 3.71. The lowest BCUT2D eigenvalue weighted by molar-refractivity contribution is -0.111. The number of carbonyl (C=O) groups excluding carboxylic acids is 1. The average Bonchev–Trinajstić information content (AvgIpc) is 2.15. The first-order chi connectivity index (χ1) is 6.59. The fraction of sp³-hybridized carbons (Fsp3) is 0.417. The van der Waals surface area contributed by atoms with Crippen LogP contribution in [0.5, 0.6) is 0 Å². The molecular formula is C12H15ClO. The maximum absolute atomic E-state index is 10.6. The Morgan fingerprint density at radius 1 is 1.36 bits per heavy atom. The van der Waals surface area contributed by atoms with Gasteiger partial charge in [0.1, 0.15) is 0 Å². The molecule has 1 nitrogen and oxygen atoms in total. The number of carbonyl (C=O) groups is 1. The first-order valence-corrected chi connectivity index (χ1v) is 5.22. The van der Waals surface area contributed by atoms with Crippen LogP contribution < -0.4 is 0 Å². The number of rotatable bonds is 4. The van der Waals surface area contributed by atoms with Crippen LogP contribution in [0.3, 0.4) is 0 Å². The van der Waals surface area contributed by atoms with Crippen molar-refractivity contribution in [3.05, 3.63) is 35.4 Å². The quantitative estimate of drug-likeness (QED) is 0.694. The van der Waals surface area contributed by atoms with Gasteiger partial charge in [0.25, 0.3) is 0 Å². The molecule has 1 rings (SSSR count). The molecule has 0 fully saturated rings. The Bertz CT molecular complexity index is 303. The summed E-state index contributed by atoms with van der Waals surface area (Å²) in [5.74, 6) is 0.401. The normalized spacial score (nSPS) is 12.5. The molecule has 0 aliphatic rings. The minimum absolute atomic E-state index is 0.246. The summed E-state index contributed by atoms with van der Waals surface area (Å²) in [6, 6.07) is 8.40. The topological polar surface area (TPSA) is 17.1 Å². The van der Waals surface area contributed by atoms with Crippen molar-refractivity contribution in [2.24, 2.45) is 0 Å². The predicted molar refractivity (Wildman–Crippen MR) is 59.7 cm³/mol. The average molecular weight is 211 g/mol. The Balaban J connectivity index is 2.56. The molecule has 0 N–H and O–H groups in total. The van der Waals surface area contributed by atoms with Crippen LogP contribution >= 0.6 is 11.6 Å². The molecule has 1 atom stereocenters. The van der Waals surface area contributed by atoms with E-state index in [9.17, 15) is 4.79 Å². The molecule has 0 aromatic heterocycles. The third kappa shape index (κ3) is 3.51. The molecule has 2 heteroatoms. The van der Waals surface area contributed by atoms with Gasteiger partial charge in [-0.3, -0.25) is 4.79 Å².